The van der Waals surface area contributed by atoms with E-state index in [4.69, 9.17) is 11.6 Å². The summed E-state index contributed by atoms with van der Waals surface area (Å²) in [7, 11) is 0. The third kappa shape index (κ3) is 18.9. The van der Waals surface area contributed by atoms with E-state index in [1.54, 1.807) is 0 Å². The Labute approximate surface area is 42.2 Å². The van der Waals surface area contributed by atoms with Crippen LogP contribution in [0, 0.1) is 0 Å². The van der Waals surface area contributed by atoms with Gasteiger partial charge in [-0.3, -0.25) is 0 Å². The van der Waals surface area contributed by atoms with Gasteiger partial charge in [0.15, 0.2) is 0 Å². The topological polar surface area (TPSA) is 0 Å². The van der Waals surface area contributed by atoms with Gasteiger partial charge in [-0.25, -0.2) is 0 Å². The van der Waals surface area contributed by atoms with Gasteiger partial charge in [0.2, 0.25) is 0 Å². The van der Waals surface area contributed by atoms with E-state index in [2.05, 4.69) is 6.58 Å². The first-order valence-electron chi connectivity index (χ1n) is 0.626. The minimum atomic E-state index is 0. The zero-order valence-electron chi connectivity index (χ0n) is 2.11. The van der Waals surface area contributed by atoms with Gasteiger partial charge in [0.25, 0.3) is 0 Å². The van der Waals surface area contributed by atoms with Crippen LogP contribution in [0.1, 0.15) is 0 Å². The molecule has 0 aromatic heterocycles. The molecule has 0 nitrogen and oxygen atoms in total. The monoisotopic (exact) mass is 137 g/mol. The molecular formula is C2H3AsCl. The summed E-state index contributed by atoms with van der Waals surface area (Å²) < 4.78 is 0. The second-order valence-corrected chi connectivity index (χ2v) is 0.463. The van der Waals surface area contributed by atoms with Crippen LogP contribution in [-0.4, -0.2) is 18.0 Å². The zero-order valence-corrected chi connectivity index (χ0v) is 4.74. The normalized spacial score (nSPS) is 3.25. The first kappa shape index (κ1) is 8.82. The summed E-state index contributed by atoms with van der Waals surface area (Å²) in [6.07, 6.45) is 0. The molecule has 2 heteroatoms. The second kappa shape index (κ2) is 9.53. The van der Waals surface area contributed by atoms with Crippen LogP contribution in [0.2, 0.25) is 0 Å². The minimum Gasteiger partial charge on any atom is -0.0936 e. The summed E-state index contributed by atoms with van der Waals surface area (Å²) in [5, 5.41) is 0. The molecule has 3 radical (unpaired) electrons. The maximum Gasteiger partial charge on any atom is 0 e. The van der Waals surface area contributed by atoms with Gasteiger partial charge in [0.1, 0.15) is 0 Å². The Morgan fingerprint density at radius 3 is 1.75 bits per heavy atom. The molecule has 23 valence electrons. The van der Waals surface area contributed by atoms with Crippen LogP contribution in [0.3, 0.4) is 0 Å². The molecule has 0 heterocycles. The summed E-state index contributed by atoms with van der Waals surface area (Å²) in [5.74, 6) is 0. The van der Waals surface area contributed by atoms with Crippen molar-refractivity contribution in [2.24, 2.45) is 0 Å². The van der Waals surface area contributed by atoms with Gasteiger partial charge in [-0.05, 0) is 5.54 Å². The molecule has 0 saturated carbocycles. The number of rotatable bonds is 0. The summed E-state index contributed by atoms with van der Waals surface area (Å²) in [4.78, 5) is 0. The van der Waals surface area contributed by atoms with E-state index in [0.717, 1.165) is 0 Å². The summed E-state index contributed by atoms with van der Waals surface area (Å²) in [6, 6.07) is 0. The van der Waals surface area contributed by atoms with E-state index in [0.29, 0.717) is 0 Å². The molecule has 0 aromatic carbocycles. The summed E-state index contributed by atoms with van der Waals surface area (Å²) in [6.45, 7) is 3.13. The van der Waals surface area contributed by atoms with Crippen LogP contribution in [-0.2, 0) is 0 Å². The molecular weight excluding hydrogens is 134 g/mol. The molecule has 0 aliphatic rings. The average molecular weight is 137 g/mol. The largest absolute Gasteiger partial charge is 0.0936 e. The van der Waals surface area contributed by atoms with Gasteiger partial charge in [-0.1, -0.05) is 18.2 Å². The molecule has 0 rings (SSSR count). The van der Waals surface area contributed by atoms with Crippen molar-refractivity contribution in [1.82, 2.24) is 0 Å². The maximum absolute atomic E-state index is 4.76. The first-order valence-corrected chi connectivity index (χ1v) is 1.06. The van der Waals surface area contributed by atoms with Crippen molar-refractivity contribution in [3.05, 3.63) is 12.1 Å². The van der Waals surface area contributed by atoms with Crippen molar-refractivity contribution in [3.63, 3.8) is 0 Å². The fourth-order valence-corrected chi connectivity index (χ4v) is 0. The molecule has 0 aromatic rings. The molecule has 0 amide bonds. The number of hydrogen-bond acceptors (Lipinski definition) is 0. The minimum absolute atomic E-state index is 0. The van der Waals surface area contributed by atoms with E-state index in [1.807, 2.05) is 0 Å². The maximum atomic E-state index is 4.76. The number of hydrogen-bond donors (Lipinski definition) is 0. The van der Waals surface area contributed by atoms with Crippen LogP contribution >= 0.6 is 11.6 Å². The van der Waals surface area contributed by atoms with Crippen LogP contribution < -0.4 is 0 Å². The van der Waals surface area contributed by atoms with Crippen LogP contribution in [0.5, 0.6) is 0 Å². The second-order valence-electron chi connectivity index (χ2n) is 0.154. The standard InChI is InChI=1S/C2H3Cl.As/c1-2-3;/h2H,1H2;. The Morgan fingerprint density at radius 2 is 1.75 bits per heavy atom. The molecule has 0 atom stereocenters. The third-order valence-corrected chi connectivity index (χ3v) is 0. The molecule has 0 bridgehead atoms. The van der Waals surface area contributed by atoms with E-state index in [9.17, 15) is 0 Å². The van der Waals surface area contributed by atoms with Crippen LogP contribution in [0.4, 0.5) is 0 Å². The molecule has 0 saturated heterocycles. The molecule has 0 fully saturated rings. The Balaban J connectivity index is 0. The quantitative estimate of drug-likeness (QED) is 0.437. The molecule has 0 aliphatic heterocycles. The molecule has 0 N–H and O–H groups in total. The van der Waals surface area contributed by atoms with Gasteiger partial charge >= 0.3 is 0 Å². The van der Waals surface area contributed by atoms with E-state index in [1.165, 1.54) is 5.54 Å². The van der Waals surface area contributed by atoms with Crippen molar-refractivity contribution in [1.29, 1.82) is 0 Å². The van der Waals surface area contributed by atoms with Gasteiger partial charge < -0.3 is 0 Å². The van der Waals surface area contributed by atoms with Crippen LogP contribution in [0.25, 0.3) is 0 Å². The van der Waals surface area contributed by atoms with Crippen molar-refractivity contribution in [2.45, 2.75) is 0 Å². The van der Waals surface area contributed by atoms with Crippen molar-refractivity contribution >= 4 is 29.6 Å². The predicted molar refractivity (Wildman–Crippen MR) is 21.8 cm³/mol. The van der Waals surface area contributed by atoms with Gasteiger partial charge in [-0.15, -0.1) is 0 Å². The smallest absolute Gasteiger partial charge is 0 e. The molecule has 0 unspecified atom stereocenters. The Bertz CT molecular complexity index is 13.5. The Kier molecular flexibility index (Phi) is 21.0. The average Bonchev–Trinajstić information content (AvgIpc) is 0.918. The fourth-order valence-electron chi connectivity index (χ4n) is 0. The van der Waals surface area contributed by atoms with Gasteiger partial charge in [0, 0.05) is 18.0 Å². The zero-order chi connectivity index (χ0) is 2.71. The molecule has 0 spiro atoms. The molecule has 0 aliphatic carbocycles. The third-order valence-electron chi connectivity index (χ3n) is 0. The SMILES string of the molecule is C=CCl.[As]. The van der Waals surface area contributed by atoms with Crippen molar-refractivity contribution in [3.8, 4) is 0 Å². The van der Waals surface area contributed by atoms with Crippen LogP contribution in [0.15, 0.2) is 12.1 Å². The fraction of sp³-hybridized carbons (Fsp3) is 0. The van der Waals surface area contributed by atoms with E-state index < -0.39 is 0 Å². The van der Waals surface area contributed by atoms with E-state index in [-0.39, 0.29) is 18.0 Å². The summed E-state index contributed by atoms with van der Waals surface area (Å²) in [5.41, 5.74) is 1.22. The Hall–Kier alpha value is 0.588. The van der Waals surface area contributed by atoms with Gasteiger partial charge in [0.05, 0.1) is 0 Å². The Morgan fingerprint density at radius 1 is 1.75 bits per heavy atom. The van der Waals surface area contributed by atoms with Gasteiger partial charge in [-0.2, -0.15) is 0 Å². The number of halogens is 1. The first-order chi connectivity index (χ1) is 1.41. The van der Waals surface area contributed by atoms with Crippen molar-refractivity contribution < 1.29 is 0 Å². The summed E-state index contributed by atoms with van der Waals surface area (Å²) >= 11 is 4.76. The predicted octanol–water partition coefficient (Wildman–Crippen LogP) is 0.988. The van der Waals surface area contributed by atoms with Crippen molar-refractivity contribution in [2.75, 3.05) is 0 Å². The molecule has 4 heavy (non-hydrogen) atoms. The van der Waals surface area contributed by atoms with E-state index >= 15 is 0 Å².